The molecule has 35 heavy (non-hydrogen) atoms. The smallest absolute Gasteiger partial charge is 0.319 e. The minimum atomic E-state index is -3.44. The van der Waals surface area contributed by atoms with Crippen LogP contribution in [0.15, 0.2) is 65.6 Å². The fraction of sp³-hybridized carbons (Fsp3) is 0.269. The molecule has 3 aromatic rings. The van der Waals surface area contributed by atoms with Gasteiger partial charge in [0.05, 0.1) is 20.7 Å². The first-order chi connectivity index (χ1) is 16.8. The van der Waals surface area contributed by atoms with E-state index in [-0.39, 0.29) is 16.7 Å². The van der Waals surface area contributed by atoms with Gasteiger partial charge in [0.2, 0.25) is 0 Å². The normalized spacial score (nSPS) is 13.2. The summed E-state index contributed by atoms with van der Waals surface area (Å²) in [5, 5.41) is 9.77. The molecule has 1 aliphatic rings. The largest absolute Gasteiger partial charge is 0.338 e. The Kier molecular flexibility index (Phi) is 8.34. The maximum Gasteiger partial charge on any atom is 0.319 e. The Labute approximate surface area is 216 Å². The molecule has 9 heteroatoms. The van der Waals surface area contributed by atoms with Gasteiger partial charge in [-0.3, -0.25) is 0 Å². The van der Waals surface area contributed by atoms with E-state index in [9.17, 15) is 13.2 Å². The van der Waals surface area contributed by atoms with E-state index in [2.05, 4.69) is 28.1 Å². The fourth-order valence-electron chi connectivity index (χ4n) is 4.03. The average Bonchev–Trinajstić information content (AvgIpc) is 2.85. The summed E-state index contributed by atoms with van der Waals surface area (Å²) in [4.78, 5) is 12.4. The van der Waals surface area contributed by atoms with Crippen molar-refractivity contribution in [3.05, 3.63) is 93.0 Å². The fourth-order valence-corrected chi connectivity index (χ4v) is 5.73. The zero-order valence-corrected chi connectivity index (χ0v) is 21.4. The zero-order chi connectivity index (χ0) is 24.8. The van der Waals surface area contributed by atoms with Gasteiger partial charge in [0, 0.05) is 18.8 Å². The molecule has 0 fully saturated rings. The lowest BCUT2D eigenvalue weighted by molar-refractivity contribution is 0.252. The number of sulfone groups is 1. The molecule has 0 aliphatic carbocycles. The van der Waals surface area contributed by atoms with Crippen LogP contribution in [0.4, 0.5) is 10.5 Å². The van der Waals surface area contributed by atoms with Gasteiger partial charge in [-0.25, -0.2) is 13.2 Å². The molecule has 4 rings (SSSR count). The number of aryl methyl sites for hydroxylation is 1. The first-order valence-corrected chi connectivity index (χ1v) is 13.8. The van der Waals surface area contributed by atoms with E-state index < -0.39 is 9.84 Å². The second-order valence-corrected chi connectivity index (χ2v) is 11.4. The Bertz CT molecular complexity index is 1310. The minimum absolute atomic E-state index is 0.0311. The van der Waals surface area contributed by atoms with Crippen LogP contribution >= 0.6 is 23.2 Å². The molecular formula is C26H27Cl2N3O3S. The van der Waals surface area contributed by atoms with E-state index in [0.717, 1.165) is 30.6 Å². The van der Waals surface area contributed by atoms with Crippen LogP contribution in [0.3, 0.4) is 0 Å². The summed E-state index contributed by atoms with van der Waals surface area (Å²) >= 11 is 12.2. The predicted octanol–water partition coefficient (Wildman–Crippen LogP) is 5.02. The number of anilines is 1. The summed E-state index contributed by atoms with van der Waals surface area (Å²) in [6.45, 7) is 2.18. The van der Waals surface area contributed by atoms with Crippen LogP contribution < -0.4 is 16.0 Å². The standard InChI is InChI=1S/C26H27Cl2N3O3S/c27-24-3-1-2-19(25(24)28)11-14-30-26(32)31-22-6-8-23(9-7-22)35(33,34)15-12-18-4-5-21-17-29-13-10-20(21)16-18/h1-9,16,29H,10-15,17H2,(H2,30,31,32). The number of hydrogen-bond acceptors (Lipinski definition) is 4. The van der Waals surface area contributed by atoms with Gasteiger partial charge in [-0.15, -0.1) is 0 Å². The third-order valence-corrected chi connectivity index (χ3v) is 8.59. The number of nitrogens with one attached hydrogen (secondary N) is 3. The molecule has 0 saturated heterocycles. The second kappa shape index (κ2) is 11.4. The summed E-state index contributed by atoms with van der Waals surface area (Å²) in [6.07, 6.45) is 1.96. The number of benzene rings is 3. The maximum absolute atomic E-state index is 12.8. The van der Waals surface area contributed by atoms with Gasteiger partial charge in [0.15, 0.2) is 9.84 Å². The summed E-state index contributed by atoms with van der Waals surface area (Å²) in [5.74, 6) is 0.0311. The molecule has 6 nitrogen and oxygen atoms in total. The maximum atomic E-state index is 12.8. The molecule has 1 aliphatic heterocycles. The topological polar surface area (TPSA) is 87.3 Å². The molecule has 0 aromatic heterocycles. The van der Waals surface area contributed by atoms with Crippen LogP contribution in [0.25, 0.3) is 0 Å². The van der Waals surface area contributed by atoms with Crippen molar-refractivity contribution in [1.82, 2.24) is 10.6 Å². The van der Waals surface area contributed by atoms with Gasteiger partial charge in [0.25, 0.3) is 0 Å². The molecule has 1 heterocycles. The van der Waals surface area contributed by atoms with Crippen LogP contribution in [0.5, 0.6) is 0 Å². The second-order valence-electron chi connectivity index (χ2n) is 8.47. The summed E-state index contributed by atoms with van der Waals surface area (Å²) < 4.78 is 25.7. The van der Waals surface area contributed by atoms with Crippen LogP contribution in [-0.4, -0.2) is 33.3 Å². The van der Waals surface area contributed by atoms with Crippen molar-refractivity contribution in [2.45, 2.75) is 30.7 Å². The molecule has 184 valence electrons. The number of rotatable bonds is 8. The number of fused-ring (bicyclic) bond motifs is 1. The number of amides is 2. The van der Waals surface area contributed by atoms with E-state index in [0.29, 0.717) is 35.1 Å². The van der Waals surface area contributed by atoms with Crippen LogP contribution in [0.1, 0.15) is 22.3 Å². The van der Waals surface area contributed by atoms with E-state index in [1.807, 2.05) is 18.2 Å². The molecule has 3 N–H and O–H groups in total. The summed E-state index contributed by atoms with van der Waals surface area (Å²) in [6, 6.07) is 17.4. The average molecular weight is 532 g/mol. The predicted molar refractivity (Wildman–Crippen MR) is 141 cm³/mol. The molecule has 0 unspecified atom stereocenters. The monoisotopic (exact) mass is 531 g/mol. The first kappa shape index (κ1) is 25.5. The van der Waals surface area contributed by atoms with Crippen LogP contribution in [0, 0.1) is 0 Å². The number of carbonyl (C=O) groups excluding carboxylic acids is 1. The van der Waals surface area contributed by atoms with Crippen molar-refractivity contribution >= 4 is 44.8 Å². The highest BCUT2D eigenvalue weighted by molar-refractivity contribution is 7.91. The Morgan fingerprint density at radius 3 is 2.57 bits per heavy atom. The highest BCUT2D eigenvalue weighted by atomic mass is 35.5. The van der Waals surface area contributed by atoms with E-state index in [4.69, 9.17) is 23.2 Å². The zero-order valence-electron chi connectivity index (χ0n) is 19.1. The van der Waals surface area contributed by atoms with Crippen molar-refractivity contribution < 1.29 is 13.2 Å². The van der Waals surface area contributed by atoms with Crippen molar-refractivity contribution in [3.8, 4) is 0 Å². The number of urea groups is 1. The molecule has 0 saturated carbocycles. The summed E-state index contributed by atoms with van der Waals surface area (Å²) in [5.41, 5.74) is 4.96. The molecule has 0 radical (unpaired) electrons. The Morgan fingerprint density at radius 1 is 0.971 bits per heavy atom. The lowest BCUT2D eigenvalue weighted by Gasteiger charge is -2.17. The molecule has 0 bridgehead atoms. The lowest BCUT2D eigenvalue weighted by Crippen LogP contribution is -2.30. The SMILES string of the molecule is O=C(NCCc1cccc(Cl)c1Cl)Nc1ccc(S(=O)(=O)CCc2ccc3c(c2)CCNC3)cc1. The number of carbonyl (C=O) groups is 1. The van der Waals surface area contributed by atoms with Gasteiger partial charge >= 0.3 is 6.03 Å². The van der Waals surface area contributed by atoms with E-state index >= 15 is 0 Å². The molecule has 3 aromatic carbocycles. The molecule has 2 amide bonds. The minimum Gasteiger partial charge on any atom is -0.338 e. The van der Waals surface area contributed by atoms with Gasteiger partial charge in [-0.2, -0.15) is 0 Å². The molecule has 0 spiro atoms. The summed E-state index contributed by atoms with van der Waals surface area (Å²) in [7, 11) is -3.44. The Morgan fingerprint density at radius 2 is 1.77 bits per heavy atom. The van der Waals surface area contributed by atoms with Crippen molar-refractivity contribution in [3.63, 3.8) is 0 Å². The molecule has 0 atom stereocenters. The van der Waals surface area contributed by atoms with Crippen molar-refractivity contribution in [2.24, 2.45) is 0 Å². The Balaban J connectivity index is 1.28. The lowest BCUT2D eigenvalue weighted by atomic mass is 9.98. The number of halogens is 2. The molecular weight excluding hydrogens is 505 g/mol. The van der Waals surface area contributed by atoms with Gasteiger partial charge in [-0.05, 0) is 78.4 Å². The van der Waals surface area contributed by atoms with E-state index in [1.165, 1.54) is 23.3 Å². The number of hydrogen-bond donors (Lipinski definition) is 3. The Hall–Kier alpha value is -2.58. The first-order valence-electron chi connectivity index (χ1n) is 11.4. The van der Waals surface area contributed by atoms with Gasteiger partial charge in [0.1, 0.15) is 0 Å². The third-order valence-electron chi connectivity index (χ3n) is 6.00. The van der Waals surface area contributed by atoms with E-state index in [1.54, 1.807) is 18.2 Å². The third kappa shape index (κ3) is 6.76. The highest BCUT2D eigenvalue weighted by Gasteiger charge is 2.16. The van der Waals surface area contributed by atoms with Crippen molar-refractivity contribution in [1.29, 1.82) is 0 Å². The highest BCUT2D eigenvalue weighted by Crippen LogP contribution is 2.25. The van der Waals surface area contributed by atoms with Crippen LogP contribution in [0.2, 0.25) is 10.0 Å². The van der Waals surface area contributed by atoms with Gasteiger partial charge < -0.3 is 16.0 Å². The quantitative estimate of drug-likeness (QED) is 0.380. The van der Waals surface area contributed by atoms with Gasteiger partial charge in [-0.1, -0.05) is 53.5 Å². The van der Waals surface area contributed by atoms with Crippen LogP contribution in [-0.2, 0) is 35.6 Å². The van der Waals surface area contributed by atoms with Crippen molar-refractivity contribution in [2.75, 3.05) is 24.2 Å².